The van der Waals surface area contributed by atoms with Crippen molar-refractivity contribution in [1.29, 1.82) is 0 Å². The molecule has 3 aromatic rings. The van der Waals surface area contributed by atoms with Crippen molar-refractivity contribution in [1.82, 2.24) is 4.90 Å². The highest BCUT2D eigenvalue weighted by Crippen LogP contribution is 2.41. The third-order valence-corrected chi connectivity index (χ3v) is 5.44. The maximum absolute atomic E-state index is 12.9. The molecule has 1 saturated heterocycles. The zero-order valence-corrected chi connectivity index (χ0v) is 14.8. The maximum atomic E-state index is 12.9. The quantitative estimate of drug-likeness (QED) is 0.504. The number of nitrogens with zero attached hydrogens (tertiary/aromatic N) is 1. The second-order valence-corrected chi connectivity index (χ2v) is 7.12. The second kappa shape index (κ2) is 6.32. The molecular weight excluding hydrogens is 338 g/mol. The van der Waals surface area contributed by atoms with Gasteiger partial charge in [0.05, 0.1) is 6.10 Å². The highest BCUT2D eigenvalue weighted by Gasteiger charge is 2.40. The number of rotatable bonds is 5. The summed E-state index contributed by atoms with van der Waals surface area (Å²) in [6, 6.07) is 21.4. The van der Waals surface area contributed by atoms with E-state index in [1.165, 1.54) is 10.5 Å². The van der Waals surface area contributed by atoms with Gasteiger partial charge in [-0.25, -0.2) is 0 Å². The fourth-order valence-corrected chi connectivity index (χ4v) is 4.03. The molecule has 1 fully saturated rings. The predicted octanol–water partition coefficient (Wildman–Crippen LogP) is 4.36. The zero-order chi connectivity index (χ0) is 18.4. The first-order chi connectivity index (χ1) is 13.2. The summed E-state index contributed by atoms with van der Waals surface area (Å²) in [5.74, 6) is -0.388. The van der Waals surface area contributed by atoms with Gasteiger partial charge in [0.15, 0.2) is 0 Å². The topological polar surface area (TPSA) is 49.9 Å². The van der Waals surface area contributed by atoms with E-state index in [-0.39, 0.29) is 24.0 Å². The van der Waals surface area contributed by atoms with Gasteiger partial charge in [0.25, 0.3) is 11.8 Å². The monoisotopic (exact) mass is 357 g/mol. The van der Waals surface area contributed by atoms with Gasteiger partial charge in [-0.15, -0.1) is 0 Å². The Morgan fingerprint density at radius 2 is 1.48 bits per heavy atom. The van der Waals surface area contributed by atoms with E-state index in [4.69, 9.17) is 4.74 Å². The van der Waals surface area contributed by atoms with Gasteiger partial charge < -0.3 is 4.74 Å². The van der Waals surface area contributed by atoms with Crippen molar-refractivity contribution < 1.29 is 14.3 Å². The summed E-state index contributed by atoms with van der Waals surface area (Å²) >= 11 is 0. The highest BCUT2D eigenvalue weighted by molar-refractivity contribution is 6.25. The Kier molecular flexibility index (Phi) is 3.80. The van der Waals surface area contributed by atoms with E-state index < -0.39 is 0 Å². The first kappa shape index (κ1) is 16.2. The lowest BCUT2D eigenvalue weighted by atomic mass is 9.94. The van der Waals surface area contributed by atoms with Crippen LogP contribution in [0.4, 0.5) is 0 Å². The van der Waals surface area contributed by atoms with Crippen molar-refractivity contribution in [2.45, 2.75) is 25.0 Å². The number of carbonyl (C=O) groups excluding carboxylic acids is 2. The van der Waals surface area contributed by atoms with E-state index >= 15 is 0 Å². The number of hydrogen-bond donors (Lipinski definition) is 0. The van der Waals surface area contributed by atoms with Gasteiger partial charge in [-0.2, -0.15) is 0 Å². The second-order valence-electron chi connectivity index (χ2n) is 7.12. The fraction of sp³-hybridized carbons (Fsp3) is 0.217. The van der Waals surface area contributed by atoms with Crippen LogP contribution in [0.15, 0.2) is 66.7 Å². The fourth-order valence-electron chi connectivity index (χ4n) is 4.03. The standard InChI is InChI=1S/C23H19NO3/c25-22-17-11-4-9-15-10-5-12-18(20(15)17)23(26)24(22)14-6-13-19-21(27-19)16-7-2-1-3-8-16/h1-5,7-12,19,21H,6,13-14H2. The van der Waals surface area contributed by atoms with E-state index in [2.05, 4.69) is 12.1 Å². The van der Waals surface area contributed by atoms with Crippen molar-refractivity contribution in [3.05, 3.63) is 83.4 Å². The van der Waals surface area contributed by atoms with Gasteiger partial charge in [-0.05, 0) is 35.9 Å². The number of ether oxygens (including phenoxy) is 1. The molecule has 134 valence electrons. The lowest BCUT2D eigenvalue weighted by Crippen LogP contribution is -2.40. The molecule has 0 radical (unpaired) electrons. The average molecular weight is 357 g/mol. The molecule has 0 N–H and O–H groups in total. The minimum absolute atomic E-state index is 0.147. The van der Waals surface area contributed by atoms with Crippen LogP contribution < -0.4 is 0 Å². The largest absolute Gasteiger partial charge is 0.365 e. The summed E-state index contributed by atoms with van der Waals surface area (Å²) in [7, 11) is 0. The first-order valence-corrected chi connectivity index (χ1v) is 9.32. The number of carbonyl (C=O) groups is 2. The van der Waals surface area contributed by atoms with Crippen LogP contribution in [0.2, 0.25) is 0 Å². The lowest BCUT2D eigenvalue weighted by Gasteiger charge is -2.27. The molecule has 2 aliphatic rings. The molecule has 0 aliphatic carbocycles. The highest BCUT2D eigenvalue weighted by atomic mass is 16.6. The molecule has 4 heteroatoms. The minimum Gasteiger partial charge on any atom is -0.365 e. The first-order valence-electron chi connectivity index (χ1n) is 9.32. The van der Waals surface area contributed by atoms with Crippen LogP contribution in [0.3, 0.4) is 0 Å². The third-order valence-electron chi connectivity index (χ3n) is 5.44. The Labute approximate surface area is 157 Å². The van der Waals surface area contributed by atoms with Crippen LogP contribution in [-0.4, -0.2) is 29.4 Å². The van der Waals surface area contributed by atoms with E-state index in [1.807, 2.05) is 54.6 Å². The van der Waals surface area contributed by atoms with Crippen molar-refractivity contribution in [2.24, 2.45) is 0 Å². The molecular formula is C23H19NO3. The van der Waals surface area contributed by atoms with Crippen LogP contribution in [0, 0.1) is 0 Å². The van der Waals surface area contributed by atoms with Crippen LogP contribution in [-0.2, 0) is 4.74 Å². The molecule has 2 heterocycles. The number of benzene rings is 3. The molecule has 2 unspecified atom stereocenters. The third kappa shape index (κ3) is 2.73. The predicted molar refractivity (Wildman–Crippen MR) is 103 cm³/mol. The molecule has 3 aromatic carbocycles. The molecule has 0 aromatic heterocycles. The van der Waals surface area contributed by atoms with Gasteiger partial charge in [-0.3, -0.25) is 14.5 Å². The van der Waals surface area contributed by atoms with Crippen molar-refractivity contribution in [3.63, 3.8) is 0 Å². The molecule has 5 rings (SSSR count). The van der Waals surface area contributed by atoms with Gasteiger partial charge in [0.1, 0.15) is 6.10 Å². The van der Waals surface area contributed by atoms with E-state index in [0.29, 0.717) is 17.7 Å². The number of imide groups is 1. The van der Waals surface area contributed by atoms with Crippen LogP contribution >= 0.6 is 0 Å². The summed E-state index contributed by atoms with van der Waals surface area (Å²) in [6.07, 6.45) is 1.90. The number of amides is 2. The van der Waals surface area contributed by atoms with Gasteiger partial charge in [-0.1, -0.05) is 54.6 Å². The number of hydrogen-bond acceptors (Lipinski definition) is 3. The summed E-state index contributed by atoms with van der Waals surface area (Å²) < 4.78 is 5.76. The van der Waals surface area contributed by atoms with Crippen LogP contribution in [0.5, 0.6) is 0 Å². The maximum Gasteiger partial charge on any atom is 0.261 e. The Hall–Kier alpha value is -2.98. The summed E-state index contributed by atoms with van der Waals surface area (Å²) in [5.41, 5.74) is 2.42. The average Bonchev–Trinajstić information content (AvgIpc) is 3.49. The summed E-state index contributed by atoms with van der Waals surface area (Å²) in [6.45, 7) is 0.420. The number of epoxide rings is 1. The van der Waals surface area contributed by atoms with E-state index in [0.717, 1.165) is 23.6 Å². The van der Waals surface area contributed by atoms with Crippen molar-refractivity contribution in [3.8, 4) is 0 Å². The Morgan fingerprint density at radius 3 is 2.15 bits per heavy atom. The van der Waals surface area contributed by atoms with Crippen LogP contribution in [0.25, 0.3) is 10.8 Å². The molecule has 0 saturated carbocycles. The molecule has 0 bridgehead atoms. The molecule has 2 aliphatic heterocycles. The SMILES string of the molecule is O=C1c2cccc3cccc(c23)C(=O)N1CCCC1OC1c1ccccc1. The van der Waals surface area contributed by atoms with Crippen molar-refractivity contribution in [2.75, 3.05) is 6.54 Å². The minimum atomic E-state index is -0.194. The summed E-state index contributed by atoms with van der Waals surface area (Å²) in [4.78, 5) is 27.1. The van der Waals surface area contributed by atoms with Gasteiger partial charge in [0, 0.05) is 23.1 Å². The molecule has 27 heavy (non-hydrogen) atoms. The summed E-state index contributed by atoms with van der Waals surface area (Å²) in [5, 5.41) is 1.71. The molecule has 2 amide bonds. The molecule has 0 spiro atoms. The normalized spacial score (nSPS) is 21.0. The van der Waals surface area contributed by atoms with E-state index in [9.17, 15) is 9.59 Å². The smallest absolute Gasteiger partial charge is 0.261 e. The molecule has 4 nitrogen and oxygen atoms in total. The van der Waals surface area contributed by atoms with Gasteiger partial charge in [0.2, 0.25) is 0 Å². The Balaban J connectivity index is 1.28. The lowest BCUT2D eigenvalue weighted by molar-refractivity contribution is 0.0607. The van der Waals surface area contributed by atoms with Crippen molar-refractivity contribution >= 4 is 22.6 Å². The van der Waals surface area contributed by atoms with Crippen LogP contribution in [0.1, 0.15) is 45.2 Å². The van der Waals surface area contributed by atoms with Gasteiger partial charge >= 0.3 is 0 Å². The molecule has 2 atom stereocenters. The van der Waals surface area contributed by atoms with E-state index in [1.54, 1.807) is 0 Å². The Bertz CT molecular complexity index is 993. The Morgan fingerprint density at radius 1 is 0.815 bits per heavy atom. The zero-order valence-electron chi connectivity index (χ0n) is 14.8.